The summed E-state index contributed by atoms with van der Waals surface area (Å²) in [7, 11) is 1.98. The lowest BCUT2D eigenvalue weighted by Gasteiger charge is -2.32. The third kappa shape index (κ3) is 3.04. The summed E-state index contributed by atoms with van der Waals surface area (Å²) in [5, 5.41) is 4.19. The second-order valence-corrected chi connectivity index (χ2v) is 5.68. The number of aryl methyl sites for hydroxylation is 2. The smallest absolute Gasteiger partial charge is 0.0492 e. The lowest BCUT2D eigenvalue weighted by atomic mass is 9.76. The molecule has 0 radical (unpaired) electrons. The molecule has 0 fully saturated rings. The first-order chi connectivity index (χ1) is 9.01. The van der Waals surface area contributed by atoms with E-state index in [4.69, 9.17) is 5.73 Å². The Morgan fingerprint density at radius 1 is 1.21 bits per heavy atom. The predicted molar refractivity (Wildman–Crippen MR) is 79.0 cm³/mol. The summed E-state index contributed by atoms with van der Waals surface area (Å²) in [4.78, 5) is 0. The van der Waals surface area contributed by atoms with Crippen molar-refractivity contribution < 1.29 is 0 Å². The van der Waals surface area contributed by atoms with Gasteiger partial charge in [0.2, 0.25) is 0 Å². The highest BCUT2D eigenvalue weighted by atomic mass is 15.2. The second kappa shape index (κ2) is 5.57. The van der Waals surface area contributed by atoms with Gasteiger partial charge in [-0.05, 0) is 24.5 Å². The quantitative estimate of drug-likeness (QED) is 0.895. The van der Waals surface area contributed by atoms with E-state index in [0.717, 1.165) is 12.8 Å². The Kier molecular flexibility index (Phi) is 4.05. The topological polar surface area (TPSA) is 43.8 Å². The van der Waals surface area contributed by atoms with Gasteiger partial charge in [0.1, 0.15) is 0 Å². The highest BCUT2D eigenvalue weighted by Gasteiger charge is 2.28. The number of rotatable bonds is 5. The maximum Gasteiger partial charge on any atom is 0.0492 e. The van der Waals surface area contributed by atoms with Crippen molar-refractivity contribution in [3.8, 4) is 0 Å². The molecule has 0 amide bonds. The fraction of sp³-hybridized carbons (Fsp3) is 0.438. The van der Waals surface area contributed by atoms with Gasteiger partial charge in [-0.3, -0.25) is 4.68 Å². The van der Waals surface area contributed by atoms with Crippen molar-refractivity contribution in [1.29, 1.82) is 0 Å². The first-order valence-electron chi connectivity index (χ1n) is 6.80. The summed E-state index contributed by atoms with van der Waals surface area (Å²) in [6, 6.07) is 12.7. The highest BCUT2D eigenvalue weighted by molar-refractivity contribution is 5.25. The van der Waals surface area contributed by atoms with Crippen LogP contribution in [0.15, 0.2) is 42.6 Å². The van der Waals surface area contributed by atoms with Crippen LogP contribution in [0.4, 0.5) is 0 Å². The summed E-state index contributed by atoms with van der Waals surface area (Å²) >= 11 is 0. The van der Waals surface area contributed by atoms with Gasteiger partial charge in [-0.1, -0.05) is 44.2 Å². The van der Waals surface area contributed by atoms with Crippen LogP contribution in [0, 0.1) is 0 Å². The Morgan fingerprint density at radius 3 is 2.47 bits per heavy atom. The molecule has 1 aromatic carbocycles. The average Bonchev–Trinajstić information content (AvgIpc) is 2.82. The number of hydrogen-bond donors (Lipinski definition) is 1. The molecule has 0 bridgehead atoms. The van der Waals surface area contributed by atoms with Crippen LogP contribution in [0.1, 0.15) is 31.5 Å². The van der Waals surface area contributed by atoms with Crippen molar-refractivity contribution in [3.63, 3.8) is 0 Å². The molecule has 102 valence electrons. The molecule has 0 aliphatic carbocycles. The molecule has 0 saturated carbocycles. The van der Waals surface area contributed by atoms with E-state index >= 15 is 0 Å². The molecule has 3 nitrogen and oxygen atoms in total. The molecule has 0 aliphatic rings. The van der Waals surface area contributed by atoms with E-state index in [-0.39, 0.29) is 11.5 Å². The Bertz CT molecular complexity index is 514. The van der Waals surface area contributed by atoms with Gasteiger partial charge in [-0.15, -0.1) is 0 Å². The number of nitrogens with zero attached hydrogens (tertiary/aromatic N) is 2. The maximum absolute atomic E-state index is 6.42. The van der Waals surface area contributed by atoms with Crippen LogP contribution in [-0.2, 0) is 18.9 Å². The van der Waals surface area contributed by atoms with E-state index in [9.17, 15) is 0 Å². The van der Waals surface area contributed by atoms with Crippen LogP contribution in [0.2, 0.25) is 0 Å². The van der Waals surface area contributed by atoms with E-state index in [1.54, 1.807) is 0 Å². The number of benzene rings is 1. The van der Waals surface area contributed by atoms with E-state index in [1.165, 1.54) is 11.3 Å². The molecule has 2 rings (SSSR count). The molecule has 2 aromatic rings. The minimum Gasteiger partial charge on any atom is -0.327 e. The Labute approximate surface area is 115 Å². The van der Waals surface area contributed by atoms with E-state index in [2.05, 4.69) is 49.3 Å². The third-order valence-electron chi connectivity index (χ3n) is 4.08. The molecule has 19 heavy (non-hydrogen) atoms. The summed E-state index contributed by atoms with van der Waals surface area (Å²) in [5.74, 6) is 0. The van der Waals surface area contributed by atoms with Crippen molar-refractivity contribution in [2.24, 2.45) is 12.8 Å². The van der Waals surface area contributed by atoms with Crippen molar-refractivity contribution in [2.75, 3.05) is 0 Å². The van der Waals surface area contributed by atoms with E-state index < -0.39 is 0 Å². The fourth-order valence-corrected chi connectivity index (χ4v) is 2.39. The number of nitrogens with two attached hydrogens (primary N) is 1. The molecule has 0 spiro atoms. The molecule has 1 heterocycles. The average molecular weight is 257 g/mol. The van der Waals surface area contributed by atoms with Gasteiger partial charge in [0.15, 0.2) is 0 Å². The molecule has 2 N–H and O–H groups in total. The van der Waals surface area contributed by atoms with Gasteiger partial charge in [0.05, 0.1) is 0 Å². The summed E-state index contributed by atoms with van der Waals surface area (Å²) < 4.78 is 1.92. The Hall–Kier alpha value is -1.61. The van der Waals surface area contributed by atoms with Crippen molar-refractivity contribution in [1.82, 2.24) is 9.78 Å². The van der Waals surface area contributed by atoms with E-state index in [0.29, 0.717) is 0 Å². The van der Waals surface area contributed by atoms with Crippen molar-refractivity contribution in [2.45, 2.75) is 38.1 Å². The summed E-state index contributed by atoms with van der Waals surface area (Å²) in [6.45, 7) is 4.44. The minimum absolute atomic E-state index is 0.0140. The molecule has 0 saturated heterocycles. The van der Waals surface area contributed by atoms with E-state index in [1.807, 2.05) is 24.0 Å². The highest BCUT2D eigenvalue weighted by Crippen LogP contribution is 2.28. The van der Waals surface area contributed by atoms with Gasteiger partial charge in [-0.2, -0.15) is 5.10 Å². The monoisotopic (exact) mass is 257 g/mol. The third-order valence-corrected chi connectivity index (χ3v) is 4.08. The van der Waals surface area contributed by atoms with Gasteiger partial charge >= 0.3 is 0 Å². The van der Waals surface area contributed by atoms with Gasteiger partial charge in [0, 0.05) is 30.4 Å². The van der Waals surface area contributed by atoms with Gasteiger partial charge < -0.3 is 5.73 Å². The fourth-order valence-electron chi connectivity index (χ4n) is 2.39. The maximum atomic E-state index is 6.42. The van der Waals surface area contributed by atoms with Crippen molar-refractivity contribution >= 4 is 0 Å². The first-order valence-corrected chi connectivity index (χ1v) is 6.80. The Balaban J connectivity index is 2.03. The first kappa shape index (κ1) is 13.8. The molecule has 1 atom stereocenters. The van der Waals surface area contributed by atoms with Crippen LogP contribution in [0.25, 0.3) is 0 Å². The second-order valence-electron chi connectivity index (χ2n) is 5.68. The molecule has 1 aromatic heterocycles. The SMILES string of the molecule is Cn1nccc1CCC(N)C(C)(C)c1ccccc1. The van der Waals surface area contributed by atoms with Crippen LogP contribution in [0.5, 0.6) is 0 Å². The van der Waals surface area contributed by atoms with Crippen LogP contribution >= 0.6 is 0 Å². The van der Waals surface area contributed by atoms with Gasteiger partial charge in [-0.25, -0.2) is 0 Å². The molecule has 0 aliphatic heterocycles. The summed E-state index contributed by atoms with van der Waals surface area (Å²) in [5.41, 5.74) is 8.94. The largest absolute Gasteiger partial charge is 0.327 e. The van der Waals surface area contributed by atoms with Crippen LogP contribution in [0.3, 0.4) is 0 Å². The molecule has 1 unspecified atom stereocenters. The zero-order chi connectivity index (χ0) is 13.9. The normalized spacial score (nSPS) is 13.5. The van der Waals surface area contributed by atoms with Crippen LogP contribution < -0.4 is 5.73 Å². The zero-order valence-corrected chi connectivity index (χ0v) is 12.0. The summed E-state index contributed by atoms with van der Waals surface area (Å²) in [6.07, 6.45) is 3.76. The van der Waals surface area contributed by atoms with Crippen molar-refractivity contribution in [3.05, 3.63) is 53.9 Å². The lowest BCUT2D eigenvalue weighted by Crippen LogP contribution is -2.41. The van der Waals surface area contributed by atoms with Crippen LogP contribution in [-0.4, -0.2) is 15.8 Å². The Morgan fingerprint density at radius 2 is 1.89 bits per heavy atom. The predicted octanol–water partition coefficient (Wildman–Crippen LogP) is 2.66. The zero-order valence-electron chi connectivity index (χ0n) is 12.0. The molecule has 3 heteroatoms. The number of aromatic nitrogens is 2. The van der Waals surface area contributed by atoms with Gasteiger partial charge in [0.25, 0.3) is 0 Å². The minimum atomic E-state index is -0.0140. The molecular weight excluding hydrogens is 234 g/mol. The standard InChI is InChI=1S/C16H23N3/c1-16(2,13-7-5-4-6-8-13)15(17)10-9-14-11-12-18-19(14)3/h4-8,11-12,15H,9-10,17H2,1-3H3. The molecular formula is C16H23N3. The lowest BCUT2D eigenvalue weighted by molar-refractivity contribution is 0.386. The number of hydrogen-bond acceptors (Lipinski definition) is 2.